The quantitative estimate of drug-likeness (QED) is 0.806. The van der Waals surface area contributed by atoms with E-state index in [0.29, 0.717) is 6.42 Å². The van der Waals surface area contributed by atoms with Crippen molar-refractivity contribution in [2.24, 2.45) is 5.41 Å². The monoisotopic (exact) mass is 271 g/mol. The molecule has 1 atom stereocenters. The van der Waals surface area contributed by atoms with Crippen LogP contribution in [0.25, 0.3) is 0 Å². The van der Waals surface area contributed by atoms with E-state index in [1.165, 1.54) is 6.42 Å². The highest BCUT2D eigenvalue weighted by molar-refractivity contribution is 5.79. The average molecular weight is 271 g/mol. The van der Waals surface area contributed by atoms with Gasteiger partial charge in [-0.2, -0.15) is 0 Å². The summed E-state index contributed by atoms with van der Waals surface area (Å²) in [4.78, 5) is 22.7. The third kappa shape index (κ3) is 5.49. The number of amides is 1. The lowest BCUT2D eigenvalue weighted by molar-refractivity contribution is -0.139. The van der Waals surface area contributed by atoms with E-state index in [4.69, 9.17) is 9.84 Å². The average Bonchev–Trinajstić information content (AvgIpc) is 2.18. The standard InChI is InChI=1S/C14H25NO4/c1-13(2,3)19-12(18)15-10(11(16)17)6-9-14(4)7-5-8-14/h10H,5-9H2,1-4H3,(H,15,18)(H,16,17)/t10-/m1/s1. The molecule has 0 aliphatic heterocycles. The Morgan fingerprint density at radius 2 is 1.95 bits per heavy atom. The number of hydrogen-bond donors (Lipinski definition) is 2. The Kier molecular flexibility index (Phi) is 4.82. The zero-order valence-electron chi connectivity index (χ0n) is 12.3. The maximum absolute atomic E-state index is 11.6. The molecule has 0 spiro atoms. The van der Waals surface area contributed by atoms with Crippen LogP contribution in [0.15, 0.2) is 0 Å². The van der Waals surface area contributed by atoms with Crippen LogP contribution in [0.2, 0.25) is 0 Å². The molecule has 1 fully saturated rings. The Morgan fingerprint density at radius 3 is 2.32 bits per heavy atom. The van der Waals surface area contributed by atoms with Crippen LogP contribution in [0.3, 0.4) is 0 Å². The number of carbonyl (C=O) groups is 2. The zero-order chi connectivity index (χ0) is 14.7. The molecule has 1 rings (SSSR count). The number of hydrogen-bond acceptors (Lipinski definition) is 3. The van der Waals surface area contributed by atoms with Crippen molar-refractivity contribution < 1.29 is 19.4 Å². The van der Waals surface area contributed by atoms with Crippen LogP contribution in [-0.4, -0.2) is 28.8 Å². The van der Waals surface area contributed by atoms with Gasteiger partial charge in [0.25, 0.3) is 0 Å². The fourth-order valence-corrected chi connectivity index (χ4v) is 2.23. The second kappa shape index (κ2) is 5.80. The fraction of sp³-hybridized carbons (Fsp3) is 0.857. The number of nitrogens with one attached hydrogen (secondary N) is 1. The van der Waals surface area contributed by atoms with Gasteiger partial charge < -0.3 is 15.2 Å². The Morgan fingerprint density at radius 1 is 1.37 bits per heavy atom. The van der Waals surface area contributed by atoms with Crippen molar-refractivity contribution in [2.75, 3.05) is 0 Å². The van der Waals surface area contributed by atoms with Gasteiger partial charge in [-0.25, -0.2) is 9.59 Å². The molecule has 1 aliphatic rings. The molecule has 5 heteroatoms. The Hall–Kier alpha value is -1.26. The van der Waals surface area contributed by atoms with Crippen molar-refractivity contribution in [1.29, 1.82) is 0 Å². The summed E-state index contributed by atoms with van der Waals surface area (Å²) in [6.45, 7) is 7.41. The van der Waals surface area contributed by atoms with Crippen molar-refractivity contribution >= 4 is 12.1 Å². The molecule has 1 amide bonds. The van der Waals surface area contributed by atoms with Crippen molar-refractivity contribution in [1.82, 2.24) is 5.32 Å². The van der Waals surface area contributed by atoms with Crippen LogP contribution in [0.1, 0.15) is 59.8 Å². The molecule has 0 aromatic carbocycles. The van der Waals surface area contributed by atoms with Gasteiger partial charge in [0.15, 0.2) is 0 Å². The number of aliphatic carboxylic acids is 1. The van der Waals surface area contributed by atoms with E-state index in [1.807, 2.05) is 0 Å². The van der Waals surface area contributed by atoms with E-state index in [9.17, 15) is 9.59 Å². The number of carboxylic acid groups (broad SMARTS) is 1. The SMILES string of the molecule is CC1(CC[C@@H](NC(=O)OC(C)(C)C)C(=O)O)CCC1. The molecule has 19 heavy (non-hydrogen) atoms. The van der Waals surface area contributed by atoms with E-state index in [-0.39, 0.29) is 5.41 Å². The van der Waals surface area contributed by atoms with Gasteiger partial charge in [-0.1, -0.05) is 13.3 Å². The predicted molar refractivity (Wildman–Crippen MR) is 72.0 cm³/mol. The van der Waals surface area contributed by atoms with Gasteiger partial charge in [0.05, 0.1) is 0 Å². The molecule has 1 aliphatic carbocycles. The molecule has 110 valence electrons. The molecule has 0 radical (unpaired) electrons. The van der Waals surface area contributed by atoms with Gasteiger partial charge >= 0.3 is 12.1 Å². The minimum Gasteiger partial charge on any atom is -0.480 e. The molecule has 0 aromatic heterocycles. The minimum absolute atomic E-state index is 0.253. The van der Waals surface area contributed by atoms with E-state index < -0.39 is 23.7 Å². The zero-order valence-corrected chi connectivity index (χ0v) is 12.3. The molecule has 0 heterocycles. The molecule has 0 bridgehead atoms. The second-order valence-electron chi connectivity index (χ2n) is 6.74. The molecule has 0 aromatic rings. The molecule has 5 nitrogen and oxygen atoms in total. The van der Waals surface area contributed by atoms with Crippen LogP contribution in [0, 0.1) is 5.41 Å². The normalized spacial score (nSPS) is 19.2. The van der Waals surface area contributed by atoms with Crippen LogP contribution >= 0.6 is 0 Å². The highest BCUT2D eigenvalue weighted by Gasteiger charge is 2.33. The summed E-state index contributed by atoms with van der Waals surface area (Å²) in [5.41, 5.74) is -0.365. The van der Waals surface area contributed by atoms with Crippen molar-refractivity contribution in [3.8, 4) is 0 Å². The number of alkyl carbamates (subject to hydrolysis) is 1. The number of rotatable bonds is 5. The lowest BCUT2D eigenvalue weighted by atomic mass is 9.67. The summed E-state index contributed by atoms with van der Waals surface area (Å²) in [7, 11) is 0. The highest BCUT2D eigenvalue weighted by Crippen LogP contribution is 2.44. The highest BCUT2D eigenvalue weighted by atomic mass is 16.6. The smallest absolute Gasteiger partial charge is 0.408 e. The molecular formula is C14H25NO4. The summed E-state index contributed by atoms with van der Waals surface area (Å²) in [6, 6.07) is -0.868. The van der Waals surface area contributed by atoms with E-state index in [1.54, 1.807) is 20.8 Å². The fourth-order valence-electron chi connectivity index (χ4n) is 2.23. The van der Waals surface area contributed by atoms with Crippen molar-refractivity contribution in [3.05, 3.63) is 0 Å². The summed E-state index contributed by atoms with van der Waals surface area (Å²) in [6.07, 6.45) is 4.11. The van der Waals surface area contributed by atoms with E-state index in [0.717, 1.165) is 19.3 Å². The van der Waals surface area contributed by atoms with Crippen LogP contribution in [0.4, 0.5) is 4.79 Å². The first-order valence-electron chi connectivity index (χ1n) is 6.84. The Balaban J connectivity index is 2.44. The third-order valence-corrected chi connectivity index (χ3v) is 3.59. The van der Waals surface area contributed by atoms with Gasteiger partial charge in [-0.15, -0.1) is 0 Å². The summed E-state index contributed by atoms with van der Waals surface area (Å²) >= 11 is 0. The first-order chi connectivity index (χ1) is 8.61. The van der Waals surface area contributed by atoms with Gasteiger partial charge in [0, 0.05) is 0 Å². The topological polar surface area (TPSA) is 75.6 Å². The number of ether oxygens (including phenoxy) is 1. The summed E-state index contributed by atoms with van der Waals surface area (Å²) < 4.78 is 5.08. The maximum atomic E-state index is 11.6. The molecular weight excluding hydrogens is 246 g/mol. The molecule has 0 unspecified atom stereocenters. The van der Waals surface area contributed by atoms with Gasteiger partial charge in [0.2, 0.25) is 0 Å². The van der Waals surface area contributed by atoms with E-state index >= 15 is 0 Å². The van der Waals surface area contributed by atoms with Gasteiger partial charge in [-0.3, -0.25) is 0 Å². The molecule has 0 saturated heterocycles. The van der Waals surface area contributed by atoms with Crippen LogP contribution in [0.5, 0.6) is 0 Å². The first kappa shape index (κ1) is 15.8. The van der Waals surface area contributed by atoms with Crippen LogP contribution < -0.4 is 5.32 Å². The minimum atomic E-state index is -1.01. The Labute approximate surface area is 114 Å². The largest absolute Gasteiger partial charge is 0.480 e. The van der Waals surface area contributed by atoms with Crippen molar-refractivity contribution in [3.63, 3.8) is 0 Å². The molecule has 2 N–H and O–H groups in total. The third-order valence-electron chi connectivity index (χ3n) is 3.59. The van der Waals surface area contributed by atoms with E-state index in [2.05, 4.69) is 12.2 Å². The van der Waals surface area contributed by atoms with Gasteiger partial charge in [-0.05, 0) is 51.9 Å². The number of carbonyl (C=O) groups excluding carboxylic acids is 1. The van der Waals surface area contributed by atoms with Gasteiger partial charge in [0.1, 0.15) is 11.6 Å². The van der Waals surface area contributed by atoms with Crippen molar-refractivity contribution in [2.45, 2.75) is 71.4 Å². The number of carboxylic acids is 1. The summed E-state index contributed by atoms with van der Waals surface area (Å²) in [5, 5.41) is 11.6. The summed E-state index contributed by atoms with van der Waals surface area (Å²) in [5.74, 6) is -1.01. The first-order valence-corrected chi connectivity index (χ1v) is 6.84. The lowest BCUT2D eigenvalue weighted by Gasteiger charge is -2.39. The molecule has 1 saturated carbocycles. The second-order valence-corrected chi connectivity index (χ2v) is 6.74. The Bertz CT molecular complexity index is 342. The van der Waals surface area contributed by atoms with Crippen LogP contribution in [-0.2, 0) is 9.53 Å². The maximum Gasteiger partial charge on any atom is 0.408 e. The lowest BCUT2D eigenvalue weighted by Crippen LogP contribution is -2.44. The predicted octanol–water partition coefficient (Wildman–Crippen LogP) is 2.93.